The van der Waals surface area contributed by atoms with Crippen molar-refractivity contribution in [3.05, 3.63) is 83.9 Å². The van der Waals surface area contributed by atoms with Crippen LogP contribution in [0.2, 0.25) is 0 Å². The maximum Gasteiger partial charge on any atom is 0.253 e. The Balaban J connectivity index is 1.68. The third-order valence-corrected chi connectivity index (χ3v) is 4.37. The molecular weight excluding hydrogens is 324 g/mol. The molecule has 3 rings (SSSR count). The second kappa shape index (κ2) is 7.97. The molecule has 0 aliphatic heterocycles. The van der Waals surface area contributed by atoms with Crippen LogP contribution in [0.25, 0.3) is 5.69 Å². The van der Waals surface area contributed by atoms with Crippen LogP contribution in [0.1, 0.15) is 34.5 Å². The van der Waals surface area contributed by atoms with Crippen molar-refractivity contribution in [1.82, 2.24) is 19.8 Å². The lowest BCUT2D eigenvalue weighted by Crippen LogP contribution is -2.22. The zero-order valence-corrected chi connectivity index (χ0v) is 15.4. The molecule has 0 aliphatic carbocycles. The Morgan fingerprint density at radius 3 is 2.73 bits per heavy atom. The molecule has 3 aromatic rings. The highest BCUT2D eigenvalue weighted by atomic mass is 16.2. The van der Waals surface area contributed by atoms with Crippen LogP contribution in [0, 0.1) is 0 Å². The van der Waals surface area contributed by atoms with Gasteiger partial charge in [0, 0.05) is 50.3 Å². The Kier molecular flexibility index (Phi) is 5.49. The summed E-state index contributed by atoms with van der Waals surface area (Å²) in [7, 11) is 3.53. The van der Waals surface area contributed by atoms with E-state index in [2.05, 4.69) is 41.5 Å². The lowest BCUT2D eigenvalue weighted by Gasteiger charge is -2.16. The standard InChI is InChI=1S/C21H24N4O/c1-16(18-7-5-9-20(13-18)25-11-10-22-15-25)23-14-17-6-4-8-19(12-17)21(26)24(2)3/h4-13,15-16,23H,14H2,1-3H3. The molecule has 1 heterocycles. The Hall–Kier alpha value is -2.92. The van der Waals surface area contributed by atoms with Crippen LogP contribution in [0.4, 0.5) is 0 Å². The Morgan fingerprint density at radius 1 is 1.19 bits per heavy atom. The number of nitrogens with one attached hydrogen (secondary N) is 1. The zero-order chi connectivity index (χ0) is 18.5. The summed E-state index contributed by atoms with van der Waals surface area (Å²) in [5.41, 5.74) is 4.10. The fourth-order valence-electron chi connectivity index (χ4n) is 2.83. The fourth-order valence-corrected chi connectivity index (χ4v) is 2.83. The van der Waals surface area contributed by atoms with E-state index in [4.69, 9.17) is 0 Å². The molecular formula is C21H24N4O. The second-order valence-electron chi connectivity index (χ2n) is 6.57. The molecule has 26 heavy (non-hydrogen) atoms. The molecule has 1 aromatic heterocycles. The van der Waals surface area contributed by atoms with Gasteiger partial charge in [-0.1, -0.05) is 24.3 Å². The molecule has 2 aromatic carbocycles. The molecule has 0 saturated heterocycles. The smallest absolute Gasteiger partial charge is 0.253 e. The molecule has 1 N–H and O–H groups in total. The van der Waals surface area contributed by atoms with Gasteiger partial charge in [-0.25, -0.2) is 4.98 Å². The highest BCUT2D eigenvalue weighted by molar-refractivity contribution is 5.94. The molecule has 1 unspecified atom stereocenters. The number of hydrogen-bond acceptors (Lipinski definition) is 3. The summed E-state index contributed by atoms with van der Waals surface area (Å²) in [6.07, 6.45) is 5.51. The van der Waals surface area contributed by atoms with E-state index in [1.807, 2.05) is 35.0 Å². The van der Waals surface area contributed by atoms with Crippen LogP contribution < -0.4 is 5.32 Å². The predicted molar refractivity (Wildman–Crippen MR) is 103 cm³/mol. The third-order valence-electron chi connectivity index (χ3n) is 4.37. The first-order chi connectivity index (χ1) is 12.5. The number of rotatable bonds is 6. The first-order valence-corrected chi connectivity index (χ1v) is 8.67. The first-order valence-electron chi connectivity index (χ1n) is 8.67. The lowest BCUT2D eigenvalue weighted by molar-refractivity contribution is 0.0827. The molecule has 0 spiro atoms. The highest BCUT2D eigenvalue weighted by Gasteiger charge is 2.10. The Bertz CT molecular complexity index is 871. The number of carbonyl (C=O) groups is 1. The van der Waals surface area contributed by atoms with Crippen molar-refractivity contribution in [3.63, 3.8) is 0 Å². The van der Waals surface area contributed by atoms with Gasteiger partial charge in [0.1, 0.15) is 0 Å². The average Bonchev–Trinajstić information content (AvgIpc) is 3.20. The van der Waals surface area contributed by atoms with E-state index in [0.717, 1.165) is 11.3 Å². The van der Waals surface area contributed by atoms with E-state index in [0.29, 0.717) is 12.1 Å². The number of hydrogen-bond donors (Lipinski definition) is 1. The van der Waals surface area contributed by atoms with Gasteiger partial charge in [0.2, 0.25) is 0 Å². The van der Waals surface area contributed by atoms with E-state index in [1.54, 1.807) is 31.5 Å². The summed E-state index contributed by atoms with van der Waals surface area (Å²) in [5.74, 6) is 0.0212. The van der Waals surface area contributed by atoms with Gasteiger partial charge in [0.05, 0.1) is 6.33 Å². The number of imidazole rings is 1. The molecule has 0 aliphatic rings. The van der Waals surface area contributed by atoms with E-state index >= 15 is 0 Å². The summed E-state index contributed by atoms with van der Waals surface area (Å²) >= 11 is 0. The van der Waals surface area contributed by atoms with Crippen molar-refractivity contribution in [1.29, 1.82) is 0 Å². The molecule has 5 nitrogen and oxygen atoms in total. The maximum atomic E-state index is 12.1. The first kappa shape index (κ1) is 17.9. The number of carbonyl (C=O) groups excluding carboxylic acids is 1. The second-order valence-corrected chi connectivity index (χ2v) is 6.57. The van der Waals surface area contributed by atoms with Crippen LogP contribution in [0.15, 0.2) is 67.3 Å². The molecule has 0 bridgehead atoms. The van der Waals surface area contributed by atoms with Crippen molar-refractivity contribution in [2.75, 3.05) is 14.1 Å². The number of aromatic nitrogens is 2. The lowest BCUT2D eigenvalue weighted by atomic mass is 10.1. The third kappa shape index (κ3) is 4.18. The van der Waals surface area contributed by atoms with E-state index in [-0.39, 0.29) is 11.9 Å². The SMILES string of the molecule is CC(NCc1cccc(C(=O)N(C)C)c1)c1cccc(-n2ccnc2)c1. The Morgan fingerprint density at radius 2 is 2.00 bits per heavy atom. The summed E-state index contributed by atoms with van der Waals surface area (Å²) in [5, 5.41) is 3.53. The predicted octanol–water partition coefficient (Wildman–Crippen LogP) is 3.42. The maximum absolute atomic E-state index is 12.1. The van der Waals surface area contributed by atoms with E-state index in [1.165, 1.54) is 5.56 Å². The van der Waals surface area contributed by atoms with Gasteiger partial charge in [0.15, 0.2) is 0 Å². The molecule has 1 amide bonds. The molecule has 134 valence electrons. The van der Waals surface area contributed by atoms with Crippen molar-refractivity contribution < 1.29 is 4.79 Å². The monoisotopic (exact) mass is 348 g/mol. The van der Waals surface area contributed by atoms with Crippen LogP contribution in [-0.4, -0.2) is 34.5 Å². The van der Waals surface area contributed by atoms with E-state index < -0.39 is 0 Å². The van der Waals surface area contributed by atoms with Crippen molar-refractivity contribution in [2.24, 2.45) is 0 Å². The summed E-state index contributed by atoms with van der Waals surface area (Å²) in [6, 6.07) is 16.3. The van der Waals surface area contributed by atoms with Crippen molar-refractivity contribution in [2.45, 2.75) is 19.5 Å². The zero-order valence-electron chi connectivity index (χ0n) is 15.4. The van der Waals surface area contributed by atoms with E-state index in [9.17, 15) is 4.79 Å². The normalized spacial score (nSPS) is 12.0. The van der Waals surface area contributed by atoms with Gasteiger partial charge in [-0.15, -0.1) is 0 Å². The minimum absolute atomic E-state index is 0.0212. The van der Waals surface area contributed by atoms with Gasteiger partial charge in [-0.3, -0.25) is 4.79 Å². The molecule has 5 heteroatoms. The van der Waals surface area contributed by atoms with Crippen LogP contribution >= 0.6 is 0 Å². The summed E-state index contributed by atoms with van der Waals surface area (Å²) in [6.45, 7) is 2.84. The van der Waals surface area contributed by atoms with Gasteiger partial charge in [-0.2, -0.15) is 0 Å². The van der Waals surface area contributed by atoms with Crippen LogP contribution in [-0.2, 0) is 6.54 Å². The Labute approximate surface area is 154 Å². The topological polar surface area (TPSA) is 50.2 Å². The minimum atomic E-state index is 0.0212. The number of amides is 1. The number of benzene rings is 2. The molecule has 1 atom stereocenters. The minimum Gasteiger partial charge on any atom is -0.345 e. The summed E-state index contributed by atoms with van der Waals surface area (Å²) < 4.78 is 1.99. The molecule has 0 fully saturated rings. The largest absolute Gasteiger partial charge is 0.345 e. The molecule has 0 saturated carbocycles. The molecule has 0 radical (unpaired) electrons. The summed E-state index contributed by atoms with van der Waals surface area (Å²) in [4.78, 5) is 17.8. The van der Waals surface area contributed by atoms with Gasteiger partial charge in [0.25, 0.3) is 5.91 Å². The van der Waals surface area contributed by atoms with Gasteiger partial charge < -0.3 is 14.8 Å². The van der Waals surface area contributed by atoms with Crippen molar-refractivity contribution >= 4 is 5.91 Å². The van der Waals surface area contributed by atoms with Crippen LogP contribution in [0.3, 0.4) is 0 Å². The number of nitrogens with zero attached hydrogens (tertiary/aromatic N) is 3. The average molecular weight is 348 g/mol. The van der Waals surface area contributed by atoms with Gasteiger partial charge >= 0.3 is 0 Å². The fraction of sp³-hybridized carbons (Fsp3) is 0.238. The van der Waals surface area contributed by atoms with Gasteiger partial charge in [-0.05, 0) is 42.3 Å². The van der Waals surface area contributed by atoms with Crippen LogP contribution in [0.5, 0.6) is 0 Å². The quantitative estimate of drug-likeness (QED) is 0.742. The van der Waals surface area contributed by atoms with Crippen molar-refractivity contribution in [3.8, 4) is 5.69 Å². The highest BCUT2D eigenvalue weighted by Crippen LogP contribution is 2.18.